The Morgan fingerprint density at radius 2 is 2.00 bits per heavy atom. The first kappa shape index (κ1) is 16.8. The lowest BCUT2D eigenvalue weighted by Crippen LogP contribution is -2.35. The minimum atomic E-state index is -4.27. The second-order valence-corrected chi connectivity index (χ2v) is 6.44. The molecular weight excluding hydrogens is 295 g/mol. The van der Waals surface area contributed by atoms with Crippen molar-refractivity contribution < 1.29 is 26.3 Å². The molecule has 0 aliphatic heterocycles. The summed E-state index contributed by atoms with van der Waals surface area (Å²) < 4.78 is 63.9. The highest BCUT2D eigenvalue weighted by atomic mass is 32.2. The number of alkyl halides is 3. The van der Waals surface area contributed by atoms with Crippen LogP contribution in [0.2, 0.25) is 0 Å². The third-order valence-corrected chi connectivity index (χ3v) is 3.44. The minimum absolute atomic E-state index is 0.00259. The quantitative estimate of drug-likeness (QED) is 0.873. The number of halogens is 3. The molecule has 1 atom stereocenters. The molecule has 1 rings (SSSR count). The van der Waals surface area contributed by atoms with Crippen molar-refractivity contribution in [3.05, 3.63) is 24.3 Å². The van der Waals surface area contributed by atoms with Gasteiger partial charge in [-0.3, -0.25) is 0 Å². The maximum Gasteiger partial charge on any atom is 0.401 e. The van der Waals surface area contributed by atoms with Gasteiger partial charge in [0.1, 0.15) is 11.9 Å². The molecule has 0 spiro atoms. The molecule has 1 aromatic carbocycles. The monoisotopic (exact) mass is 311 g/mol. The van der Waals surface area contributed by atoms with Gasteiger partial charge in [0.05, 0.1) is 11.4 Å². The number of ether oxygens (including phenoxy) is 1. The normalized spacial score (nSPS) is 14.1. The molecule has 0 aromatic heterocycles. The van der Waals surface area contributed by atoms with E-state index in [0.717, 1.165) is 6.26 Å². The zero-order valence-electron chi connectivity index (χ0n) is 11.1. The third-order valence-electron chi connectivity index (χ3n) is 2.33. The van der Waals surface area contributed by atoms with Crippen LogP contribution in [0.25, 0.3) is 0 Å². The highest BCUT2D eigenvalue weighted by Gasteiger charge is 2.26. The van der Waals surface area contributed by atoms with E-state index in [1.54, 1.807) is 13.0 Å². The summed E-state index contributed by atoms with van der Waals surface area (Å²) in [5.41, 5.74) is 0. The summed E-state index contributed by atoms with van der Waals surface area (Å²) in [4.78, 5) is 0.102. The second kappa shape index (κ2) is 6.45. The fourth-order valence-corrected chi connectivity index (χ4v) is 2.13. The fraction of sp³-hybridized carbons (Fsp3) is 0.500. The van der Waals surface area contributed by atoms with Crippen LogP contribution in [0.3, 0.4) is 0 Å². The van der Waals surface area contributed by atoms with Gasteiger partial charge in [-0.1, -0.05) is 6.07 Å². The van der Waals surface area contributed by atoms with Crippen molar-refractivity contribution in [3.8, 4) is 5.75 Å². The molecule has 0 saturated carbocycles. The first-order valence-electron chi connectivity index (χ1n) is 5.82. The topological polar surface area (TPSA) is 55.4 Å². The van der Waals surface area contributed by atoms with Crippen molar-refractivity contribution in [2.24, 2.45) is 0 Å². The van der Waals surface area contributed by atoms with Crippen LogP contribution in [-0.4, -0.2) is 40.0 Å². The van der Waals surface area contributed by atoms with Gasteiger partial charge in [0, 0.05) is 12.8 Å². The standard InChI is InChI=1S/C12H16F3NO3S/c1-9(7-16-8-12(13,14)15)19-10-4-3-5-11(6-10)20(2,17)18/h3-6,9,16H,7-8H2,1-2H3. The number of rotatable bonds is 6. The van der Waals surface area contributed by atoms with Crippen LogP contribution in [0.15, 0.2) is 29.2 Å². The van der Waals surface area contributed by atoms with Gasteiger partial charge in [0.15, 0.2) is 9.84 Å². The Morgan fingerprint density at radius 3 is 2.55 bits per heavy atom. The Kier molecular flexibility index (Phi) is 5.41. The molecule has 4 nitrogen and oxygen atoms in total. The Labute approximate surface area is 115 Å². The zero-order valence-corrected chi connectivity index (χ0v) is 11.9. The first-order chi connectivity index (χ1) is 9.08. The molecule has 0 bridgehead atoms. The Balaban J connectivity index is 2.56. The largest absolute Gasteiger partial charge is 0.489 e. The van der Waals surface area contributed by atoms with Gasteiger partial charge in [0.2, 0.25) is 0 Å². The number of hydrogen-bond acceptors (Lipinski definition) is 4. The number of hydrogen-bond donors (Lipinski definition) is 1. The molecule has 8 heteroatoms. The van der Waals surface area contributed by atoms with Crippen molar-refractivity contribution >= 4 is 9.84 Å². The molecule has 114 valence electrons. The maximum atomic E-state index is 11.9. The smallest absolute Gasteiger partial charge is 0.401 e. The molecule has 0 saturated heterocycles. The van der Waals surface area contributed by atoms with Crippen LogP contribution in [0.1, 0.15) is 6.92 Å². The van der Waals surface area contributed by atoms with Crippen LogP contribution in [-0.2, 0) is 9.84 Å². The van der Waals surface area contributed by atoms with Gasteiger partial charge in [-0.15, -0.1) is 0 Å². The van der Waals surface area contributed by atoms with E-state index in [2.05, 4.69) is 5.32 Å². The summed E-state index contributed by atoms with van der Waals surface area (Å²) >= 11 is 0. The summed E-state index contributed by atoms with van der Waals surface area (Å²) in [7, 11) is -3.34. The van der Waals surface area contributed by atoms with Crippen LogP contribution < -0.4 is 10.1 Å². The molecule has 0 radical (unpaired) electrons. The zero-order chi connectivity index (χ0) is 15.4. The van der Waals surface area contributed by atoms with E-state index in [1.807, 2.05) is 0 Å². The van der Waals surface area contributed by atoms with E-state index < -0.39 is 28.7 Å². The number of nitrogens with one attached hydrogen (secondary N) is 1. The number of sulfone groups is 1. The highest BCUT2D eigenvalue weighted by molar-refractivity contribution is 7.90. The van der Waals surface area contributed by atoms with Crippen LogP contribution in [0.5, 0.6) is 5.75 Å². The molecule has 0 aliphatic rings. The molecule has 0 amide bonds. The molecule has 0 heterocycles. The average Bonchev–Trinajstić information content (AvgIpc) is 2.26. The summed E-state index contributed by atoms with van der Waals surface area (Å²) in [5.74, 6) is 0.300. The number of benzene rings is 1. The second-order valence-electron chi connectivity index (χ2n) is 4.42. The van der Waals surface area contributed by atoms with E-state index in [9.17, 15) is 21.6 Å². The van der Waals surface area contributed by atoms with Gasteiger partial charge in [-0.2, -0.15) is 13.2 Å². The lowest BCUT2D eigenvalue weighted by molar-refractivity contribution is -0.125. The Bertz CT molecular complexity index is 543. The third kappa shape index (κ3) is 6.25. The van der Waals surface area contributed by atoms with Crippen LogP contribution >= 0.6 is 0 Å². The Morgan fingerprint density at radius 1 is 1.35 bits per heavy atom. The van der Waals surface area contributed by atoms with Crippen molar-refractivity contribution in [1.29, 1.82) is 0 Å². The van der Waals surface area contributed by atoms with Crippen molar-refractivity contribution in [1.82, 2.24) is 5.32 Å². The molecule has 20 heavy (non-hydrogen) atoms. The lowest BCUT2D eigenvalue weighted by Gasteiger charge is -2.16. The predicted octanol–water partition coefficient (Wildman–Crippen LogP) is 2.01. The molecule has 0 aliphatic carbocycles. The fourth-order valence-electron chi connectivity index (χ4n) is 1.47. The van der Waals surface area contributed by atoms with Gasteiger partial charge < -0.3 is 10.1 Å². The van der Waals surface area contributed by atoms with Crippen molar-refractivity contribution in [3.63, 3.8) is 0 Å². The molecule has 1 N–H and O–H groups in total. The average molecular weight is 311 g/mol. The van der Waals surface area contributed by atoms with Crippen molar-refractivity contribution in [2.75, 3.05) is 19.3 Å². The van der Waals surface area contributed by atoms with Gasteiger partial charge in [-0.05, 0) is 25.1 Å². The summed E-state index contributed by atoms with van der Waals surface area (Å²) in [6.07, 6.45) is -3.72. The van der Waals surface area contributed by atoms with Crippen LogP contribution in [0.4, 0.5) is 13.2 Å². The maximum absolute atomic E-state index is 11.9. The van der Waals surface area contributed by atoms with E-state index in [0.29, 0.717) is 5.75 Å². The lowest BCUT2D eigenvalue weighted by atomic mass is 10.3. The molecule has 1 unspecified atom stereocenters. The first-order valence-corrected chi connectivity index (χ1v) is 7.71. The summed E-state index contributed by atoms with van der Waals surface area (Å²) in [6.45, 7) is 0.503. The molecular formula is C12H16F3NO3S. The predicted molar refractivity (Wildman–Crippen MR) is 68.6 cm³/mol. The SMILES string of the molecule is CC(CNCC(F)(F)F)Oc1cccc(S(C)(=O)=O)c1. The van der Waals surface area contributed by atoms with E-state index in [-0.39, 0.29) is 11.4 Å². The minimum Gasteiger partial charge on any atom is -0.489 e. The van der Waals surface area contributed by atoms with Gasteiger partial charge in [0.25, 0.3) is 0 Å². The summed E-state index contributed by atoms with van der Waals surface area (Å²) in [5, 5.41) is 2.22. The van der Waals surface area contributed by atoms with Gasteiger partial charge >= 0.3 is 6.18 Å². The summed E-state index contributed by atoms with van der Waals surface area (Å²) in [6, 6.07) is 5.83. The van der Waals surface area contributed by atoms with E-state index in [4.69, 9.17) is 4.74 Å². The highest BCUT2D eigenvalue weighted by Crippen LogP contribution is 2.18. The van der Waals surface area contributed by atoms with Crippen molar-refractivity contribution in [2.45, 2.75) is 24.1 Å². The van der Waals surface area contributed by atoms with E-state index >= 15 is 0 Å². The molecule has 0 fully saturated rings. The Hall–Kier alpha value is -1.28. The molecule has 1 aromatic rings. The van der Waals surface area contributed by atoms with Gasteiger partial charge in [-0.25, -0.2) is 8.42 Å². The van der Waals surface area contributed by atoms with Crippen LogP contribution in [0, 0.1) is 0 Å². The van der Waals surface area contributed by atoms with E-state index in [1.165, 1.54) is 18.2 Å².